The molecule has 0 aliphatic rings. The van der Waals surface area contributed by atoms with Gasteiger partial charge >= 0.3 is 0 Å². The van der Waals surface area contributed by atoms with Crippen molar-refractivity contribution in [3.63, 3.8) is 0 Å². The number of nitrogens with zero attached hydrogens (tertiary/aromatic N) is 1. The Balaban J connectivity index is 2.07. The molecule has 1 heterocycles. The number of carbonyl (C=O) groups excluding carboxylic acids is 1. The first-order chi connectivity index (χ1) is 10.4. The van der Waals surface area contributed by atoms with Crippen molar-refractivity contribution in [2.24, 2.45) is 5.14 Å². The lowest BCUT2D eigenvalue weighted by atomic mass is 10.1. The Morgan fingerprint density at radius 1 is 1.27 bits per heavy atom. The van der Waals surface area contributed by atoms with Gasteiger partial charge in [-0.15, -0.1) is 11.3 Å². The molecule has 0 saturated carbocycles. The van der Waals surface area contributed by atoms with Crippen LogP contribution in [0.4, 0.5) is 0 Å². The number of amides is 1. The van der Waals surface area contributed by atoms with Crippen molar-refractivity contribution in [2.45, 2.75) is 17.6 Å². The molecule has 2 rings (SSSR count). The molecule has 0 aliphatic heterocycles. The molecule has 2 aromatic rings. The van der Waals surface area contributed by atoms with E-state index in [1.165, 1.54) is 11.4 Å². The van der Waals surface area contributed by atoms with Crippen LogP contribution in [0.2, 0.25) is 0 Å². The molecular formula is C15H18N2O3S2. The molecule has 5 nitrogen and oxygen atoms in total. The Hall–Kier alpha value is -1.70. The molecule has 0 atom stereocenters. The first kappa shape index (κ1) is 16.7. The summed E-state index contributed by atoms with van der Waals surface area (Å²) in [4.78, 5) is 14.1. The lowest BCUT2D eigenvalue weighted by molar-refractivity contribution is 0.0766. The van der Waals surface area contributed by atoms with Gasteiger partial charge in [0.1, 0.15) is 4.21 Å². The normalized spacial score (nSPS) is 11.4. The highest BCUT2D eigenvalue weighted by atomic mass is 32.2. The molecule has 0 radical (unpaired) electrons. The van der Waals surface area contributed by atoms with Crippen LogP contribution in [0.3, 0.4) is 0 Å². The number of benzene rings is 1. The summed E-state index contributed by atoms with van der Waals surface area (Å²) in [6.07, 6.45) is 0.757. The molecule has 0 fully saturated rings. The van der Waals surface area contributed by atoms with E-state index < -0.39 is 10.0 Å². The Kier molecular flexibility index (Phi) is 5.33. The van der Waals surface area contributed by atoms with Gasteiger partial charge in [-0.2, -0.15) is 0 Å². The minimum atomic E-state index is -3.76. The molecule has 2 N–H and O–H groups in total. The van der Waals surface area contributed by atoms with Crippen LogP contribution in [0, 0.1) is 0 Å². The molecule has 0 saturated heterocycles. The number of thiophene rings is 1. The number of carbonyl (C=O) groups is 1. The molecule has 0 bridgehead atoms. The third-order valence-electron chi connectivity index (χ3n) is 3.28. The third kappa shape index (κ3) is 4.16. The Morgan fingerprint density at radius 3 is 2.50 bits per heavy atom. The van der Waals surface area contributed by atoms with Crippen molar-refractivity contribution < 1.29 is 13.2 Å². The summed E-state index contributed by atoms with van der Waals surface area (Å²) in [6.45, 7) is 3.04. The van der Waals surface area contributed by atoms with Gasteiger partial charge in [-0.3, -0.25) is 4.79 Å². The smallest absolute Gasteiger partial charge is 0.254 e. The summed E-state index contributed by atoms with van der Waals surface area (Å²) < 4.78 is 22.6. The van der Waals surface area contributed by atoms with Crippen molar-refractivity contribution in [3.8, 4) is 0 Å². The number of likely N-dealkylation sites (N-methyl/N-ethyl adjacent to an activating group) is 1. The highest BCUT2D eigenvalue weighted by Crippen LogP contribution is 2.20. The molecule has 22 heavy (non-hydrogen) atoms. The first-order valence-electron chi connectivity index (χ1n) is 6.86. The van der Waals surface area contributed by atoms with Gasteiger partial charge < -0.3 is 4.90 Å². The van der Waals surface area contributed by atoms with E-state index in [1.54, 1.807) is 4.90 Å². The third-order valence-corrected chi connectivity index (χ3v) is 5.67. The lowest BCUT2D eigenvalue weighted by Crippen LogP contribution is -2.32. The number of sulfonamides is 1. The van der Waals surface area contributed by atoms with Crippen LogP contribution in [-0.2, 0) is 16.4 Å². The number of primary sulfonamides is 1. The Bertz CT molecular complexity index is 739. The second-order valence-corrected chi connectivity index (χ2v) is 7.52. The highest BCUT2D eigenvalue weighted by Gasteiger charge is 2.19. The Morgan fingerprint density at radius 2 is 1.95 bits per heavy atom. The number of rotatable bonds is 6. The maximum Gasteiger partial charge on any atom is 0.254 e. The quantitative estimate of drug-likeness (QED) is 0.876. The largest absolute Gasteiger partial charge is 0.339 e. The van der Waals surface area contributed by atoms with Crippen LogP contribution in [-0.4, -0.2) is 32.3 Å². The average molecular weight is 338 g/mol. The van der Waals surface area contributed by atoms with Crippen molar-refractivity contribution in [1.82, 2.24) is 4.90 Å². The van der Waals surface area contributed by atoms with E-state index in [9.17, 15) is 13.2 Å². The molecule has 1 aromatic carbocycles. The molecule has 118 valence electrons. The van der Waals surface area contributed by atoms with Crippen LogP contribution in [0.15, 0.2) is 46.0 Å². The van der Waals surface area contributed by atoms with E-state index in [0.29, 0.717) is 18.7 Å². The summed E-state index contributed by atoms with van der Waals surface area (Å²) >= 11 is 0.967. The van der Waals surface area contributed by atoms with E-state index in [-0.39, 0.29) is 10.1 Å². The SMILES string of the molecule is CCN(CCc1ccccc1)C(=O)c1csc(S(N)(=O)=O)c1. The van der Waals surface area contributed by atoms with Crippen molar-refractivity contribution in [2.75, 3.05) is 13.1 Å². The van der Waals surface area contributed by atoms with Gasteiger partial charge in [-0.05, 0) is 25.0 Å². The van der Waals surface area contributed by atoms with Crippen LogP contribution >= 0.6 is 11.3 Å². The van der Waals surface area contributed by atoms with Crippen molar-refractivity contribution in [3.05, 3.63) is 52.9 Å². The second-order valence-electron chi connectivity index (χ2n) is 4.82. The summed E-state index contributed by atoms with van der Waals surface area (Å²) in [5.74, 6) is -0.176. The molecule has 0 aliphatic carbocycles. The average Bonchev–Trinajstić information content (AvgIpc) is 2.98. The fourth-order valence-corrected chi connectivity index (χ4v) is 3.65. The number of hydrogen-bond donors (Lipinski definition) is 1. The first-order valence-corrected chi connectivity index (χ1v) is 9.29. The maximum atomic E-state index is 12.4. The topological polar surface area (TPSA) is 80.5 Å². The van der Waals surface area contributed by atoms with E-state index in [0.717, 1.165) is 23.3 Å². The molecule has 7 heteroatoms. The predicted octanol–water partition coefficient (Wildman–Crippen LogP) is 2.10. The molecular weight excluding hydrogens is 320 g/mol. The summed E-state index contributed by atoms with van der Waals surface area (Å²) in [6, 6.07) is 11.2. The second kappa shape index (κ2) is 7.04. The van der Waals surface area contributed by atoms with E-state index in [1.807, 2.05) is 37.3 Å². The molecule has 0 spiro atoms. The summed E-state index contributed by atoms with van der Waals surface area (Å²) in [5.41, 5.74) is 1.52. The van der Waals surface area contributed by atoms with Gasteiger partial charge in [0.15, 0.2) is 0 Å². The number of hydrogen-bond acceptors (Lipinski definition) is 4. The minimum absolute atomic E-state index is 0.00922. The Labute approximate surface area is 134 Å². The van der Waals surface area contributed by atoms with Crippen LogP contribution in [0.5, 0.6) is 0 Å². The van der Waals surface area contributed by atoms with Crippen molar-refractivity contribution in [1.29, 1.82) is 0 Å². The van der Waals surface area contributed by atoms with Gasteiger partial charge in [0.25, 0.3) is 5.91 Å². The highest BCUT2D eigenvalue weighted by molar-refractivity contribution is 7.91. The van der Waals surface area contributed by atoms with Crippen LogP contribution < -0.4 is 5.14 Å². The van der Waals surface area contributed by atoms with Crippen LogP contribution in [0.1, 0.15) is 22.8 Å². The fraction of sp³-hybridized carbons (Fsp3) is 0.267. The van der Waals surface area contributed by atoms with E-state index in [2.05, 4.69) is 0 Å². The monoisotopic (exact) mass is 338 g/mol. The summed E-state index contributed by atoms with van der Waals surface area (Å²) in [5, 5.41) is 6.61. The number of nitrogens with two attached hydrogens (primary N) is 1. The van der Waals surface area contributed by atoms with Gasteiger partial charge in [-0.25, -0.2) is 13.6 Å². The lowest BCUT2D eigenvalue weighted by Gasteiger charge is -2.20. The zero-order valence-electron chi connectivity index (χ0n) is 12.2. The molecule has 1 amide bonds. The predicted molar refractivity (Wildman–Crippen MR) is 87.4 cm³/mol. The van der Waals surface area contributed by atoms with Crippen LogP contribution in [0.25, 0.3) is 0 Å². The zero-order valence-corrected chi connectivity index (χ0v) is 13.9. The van der Waals surface area contributed by atoms with Gasteiger partial charge in [0.2, 0.25) is 10.0 Å². The minimum Gasteiger partial charge on any atom is -0.339 e. The summed E-state index contributed by atoms with van der Waals surface area (Å²) in [7, 11) is -3.76. The van der Waals surface area contributed by atoms with Gasteiger partial charge in [-0.1, -0.05) is 30.3 Å². The molecule has 1 aromatic heterocycles. The van der Waals surface area contributed by atoms with Gasteiger partial charge in [0, 0.05) is 18.5 Å². The van der Waals surface area contributed by atoms with E-state index >= 15 is 0 Å². The standard InChI is InChI=1S/C15H18N2O3S2/c1-2-17(9-8-12-6-4-3-5-7-12)15(18)13-10-14(21-11-13)22(16,19)20/h3-7,10-11H,2,8-9H2,1H3,(H2,16,19,20). The zero-order chi connectivity index (χ0) is 16.2. The van der Waals surface area contributed by atoms with Gasteiger partial charge in [0.05, 0.1) is 5.56 Å². The van der Waals surface area contributed by atoms with E-state index in [4.69, 9.17) is 5.14 Å². The maximum absolute atomic E-state index is 12.4. The molecule has 0 unspecified atom stereocenters. The fourth-order valence-electron chi connectivity index (χ4n) is 2.07. The van der Waals surface area contributed by atoms with Crippen molar-refractivity contribution >= 4 is 27.3 Å².